The van der Waals surface area contributed by atoms with E-state index in [4.69, 9.17) is 11.6 Å². The Morgan fingerprint density at radius 3 is 2.72 bits per heavy atom. The van der Waals surface area contributed by atoms with Crippen molar-refractivity contribution in [2.45, 2.75) is 6.54 Å². The molecule has 3 rings (SSSR count). The summed E-state index contributed by atoms with van der Waals surface area (Å²) in [6.45, 7) is 0.327. The second-order valence-electron chi connectivity index (χ2n) is 5.34. The molecule has 0 aliphatic heterocycles. The van der Waals surface area contributed by atoms with E-state index in [1.807, 2.05) is 18.2 Å². The van der Waals surface area contributed by atoms with Gasteiger partial charge in [-0.1, -0.05) is 35.9 Å². The average molecular weight is 356 g/mol. The molecule has 0 bridgehead atoms. The van der Waals surface area contributed by atoms with Gasteiger partial charge in [0.15, 0.2) is 0 Å². The van der Waals surface area contributed by atoms with Crippen LogP contribution in [0.15, 0.2) is 66.9 Å². The van der Waals surface area contributed by atoms with E-state index >= 15 is 0 Å². The minimum atomic E-state index is -0.348. The molecule has 1 heterocycles. The molecular formula is C19H15ClFN3O. The molecule has 0 saturated carbocycles. The molecule has 0 fully saturated rings. The highest BCUT2D eigenvalue weighted by molar-refractivity contribution is 6.31. The Kier molecular flexibility index (Phi) is 5.26. The summed E-state index contributed by atoms with van der Waals surface area (Å²) in [5.41, 5.74) is 1.84. The number of carbonyl (C=O) groups excluding carboxylic acids is 1. The standard InChI is InChI=1S/C19H15ClFN3O/c20-17-7-2-1-4-14(17)12-23-19(25)13-8-9-22-18(10-13)24-16-6-3-5-15(21)11-16/h1-11H,12H2,(H,22,24)(H,23,25). The normalized spacial score (nSPS) is 10.3. The van der Waals surface area contributed by atoms with Crippen molar-refractivity contribution in [2.75, 3.05) is 5.32 Å². The number of benzene rings is 2. The Hall–Kier alpha value is -2.92. The predicted octanol–water partition coefficient (Wildman–Crippen LogP) is 4.55. The van der Waals surface area contributed by atoms with Gasteiger partial charge in [-0.05, 0) is 42.0 Å². The van der Waals surface area contributed by atoms with Crippen molar-refractivity contribution in [3.05, 3.63) is 88.8 Å². The van der Waals surface area contributed by atoms with Gasteiger partial charge in [0.1, 0.15) is 11.6 Å². The number of aromatic nitrogens is 1. The number of anilines is 2. The zero-order chi connectivity index (χ0) is 17.6. The summed E-state index contributed by atoms with van der Waals surface area (Å²) in [4.78, 5) is 16.5. The summed E-state index contributed by atoms with van der Waals surface area (Å²) in [5, 5.41) is 6.39. The first-order chi connectivity index (χ1) is 12.1. The number of carbonyl (C=O) groups is 1. The number of halogens is 2. The quantitative estimate of drug-likeness (QED) is 0.706. The Balaban J connectivity index is 1.68. The van der Waals surface area contributed by atoms with Crippen LogP contribution >= 0.6 is 11.6 Å². The molecule has 6 heteroatoms. The third-order valence-corrected chi connectivity index (χ3v) is 3.89. The molecule has 0 aliphatic carbocycles. The van der Waals surface area contributed by atoms with Gasteiger partial charge in [-0.2, -0.15) is 0 Å². The highest BCUT2D eigenvalue weighted by atomic mass is 35.5. The van der Waals surface area contributed by atoms with E-state index in [-0.39, 0.29) is 11.7 Å². The molecule has 0 spiro atoms. The maximum absolute atomic E-state index is 13.2. The second kappa shape index (κ2) is 7.77. The average Bonchev–Trinajstić information content (AvgIpc) is 2.61. The molecule has 3 aromatic rings. The molecule has 1 aromatic heterocycles. The summed E-state index contributed by atoms with van der Waals surface area (Å²) < 4.78 is 13.2. The van der Waals surface area contributed by atoms with Crippen molar-refractivity contribution in [3.8, 4) is 0 Å². The summed E-state index contributed by atoms with van der Waals surface area (Å²) in [6.07, 6.45) is 1.52. The highest BCUT2D eigenvalue weighted by Gasteiger charge is 2.08. The van der Waals surface area contributed by atoms with Crippen LogP contribution in [0.3, 0.4) is 0 Å². The number of rotatable bonds is 5. The summed E-state index contributed by atoms with van der Waals surface area (Å²) >= 11 is 6.08. The molecule has 126 valence electrons. The topological polar surface area (TPSA) is 54.0 Å². The van der Waals surface area contributed by atoms with Crippen molar-refractivity contribution < 1.29 is 9.18 Å². The van der Waals surface area contributed by atoms with Crippen LogP contribution in [0.25, 0.3) is 0 Å². The van der Waals surface area contributed by atoms with Crippen molar-refractivity contribution in [1.29, 1.82) is 0 Å². The first kappa shape index (κ1) is 16.9. The van der Waals surface area contributed by atoms with Crippen molar-refractivity contribution in [2.24, 2.45) is 0 Å². The molecule has 0 aliphatic rings. The van der Waals surface area contributed by atoms with E-state index in [0.717, 1.165) is 5.56 Å². The van der Waals surface area contributed by atoms with Crippen LogP contribution in [0.5, 0.6) is 0 Å². The molecular weight excluding hydrogens is 341 g/mol. The predicted molar refractivity (Wildman–Crippen MR) is 96.5 cm³/mol. The molecule has 4 nitrogen and oxygen atoms in total. The van der Waals surface area contributed by atoms with Crippen LogP contribution in [0.1, 0.15) is 15.9 Å². The van der Waals surface area contributed by atoms with Crippen LogP contribution in [-0.4, -0.2) is 10.9 Å². The fraction of sp³-hybridized carbons (Fsp3) is 0.0526. The van der Waals surface area contributed by atoms with Gasteiger partial charge in [-0.15, -0.1) is 0 Å². The molecule has 0 unspecified atom stereocenters. The number of hydrogen-bond donors (Lipinski definition) is 2. The Labute approximate surface area is 149 Å². The van der Waals surface area contributed by atoms with Crippen LogP contribution in [0.2, 0.25) is 5.02 Å². The summed E-state index contributed by atoms with van der Waals surface area (Å²) in [5.74, 6) is -0.140. The minimum absolute atomic E-state index is 0.246. The Morgan fingerprint density at radius 1 is 1.08 bits per heavy atom. The van der Waals surface area contributed by atoms with Gasteiger partial charge in [0.05, 0.1) is 0 Å². The van der Waals surface area contributed by atoms with Crippen molar-refractivity contribution in [1.82, 2.24) is 10.3 Å². The number of nitrogens with zero attached hydrogens (tertiary/aromatic N) is 1. The SMILES string of the molecule is O=C(NCc1ccccc1Cl)c1ccnc(Nc2cccc(F)c2)c1. The zero-order valence-electron chi connectivity index (χ0n) is 13.2. The molecule has 0 radical (unpaired) electrons. The molecule has 0 saturated heterocycles. The lowest BCUT2D eigenvalue weighted by Gasteiger charge is -2.09. The number of amides is 1. The largest absolute Gasteiger partial charge is 0.348 e. The fourth-order valence-corrected chi connectivity index (χ4v) is 2.48. The van der Waals surface area contributed by atoms with E-state index in [1.54, 1.807) is 30.3 Å². The van der Waals surface area contributed by atoms with Gasteiger partial charge in [0, 0.05) is 29.0 Å². The first-order valence-corrected chi connectivity index (χ1v) is 8.00. The number of pyridine rings is 1. The van der Waals surface area contributed by atoms with Crippen molar-refractivity contribution in [3.63, 3.8) is 0 Å². The van der Waals surface area contributed by atoms with E-state index in [0.29, 0.717) is 28.6 Å². The lowest BCUT2D eigenvalue weighted by Crippen LogP contribution is -2.23. The molecule has 2 aromatic carbocycles. The third-order valence-electron chi connectivity index (χ3n) is 3.52. The van der Waals surface area contributed by atoms with Gasteiger partial charge >= 0.3 is 0 Å². The van der Waals surface area contributed by atoms with Gasteiger partial charge in [0.2, 0.25) is 0 Å². The van der Waals surface area contributed by atoms with E-state index in [9.17, 15) is 9.18 Å². The Bertz CT molecular complexity index is 901. The van der Waals surface area contributed by atoms with Gasteiger partial charge in [-0.25, -0.2) is 9.37 Å². The van der Waals surface area contributed by atoms with Crippen LogP contribution in [0.4, 0.5) is 15.9 Å². The summed E-state index contributed by atoms with van der Waals surface area (Å²) in [6, 6.07) is 16.6. The van der Waals surface area contributed by atoms with E-state index < -0.39 is 0 Å². The minimum Gasteiger partial charge on any atom is -0.348 e. The molecule has 0 atom stereocenters. The maximum Gasteiger partial charge on any atom is 0.251 e. The van der Waals surface area contributed by atoms with E-state index in [1.165, 1.54) is 18.3 Å². The first-order valence-electron chi connectivity index (χ1n) is 7.62. The number of nitrogens with one attached hydrogen (secondary N) is 2. The highest BCUT2D eigenvalue weighted by Crippen LogP contribution is 2.17. The third kappa shape index (κ3) is 4.55. The Morgan fingerprint density at radius 2 is 1.92 bits per heavy atom. The maximum atomic E-state index is 13.2. The lowest BCUT2D eigenvalue weighted by atomic mass is 10.2. The van der Waals surface area contributed by atoms with Gasteiger partial charge < -0.3 is 10.6 Å². The van der Waals surface area contributed by atoms with Crippen molar-refractivity contribution >= 4 is 29.0 Å². The second-order valence-corrected chi connectivity index (χ2v) is 5.75. The summed E-state index contributed by atoms with van der Waals surface area (Å²) in [7, 11) is 0. The van der Waals surface area contributed by atoms with Crippen LogP contribution in [0, 0.1) is 5.82 Å². The van der Waals surface area contributed by atoms with Gasteiger partial charge in [0.25, 0.3) is 5.91 Å². The molecule has 1 amide bonds. The molecule has 25 heavy (non-hydrogen) atoms. The van der Waals surface area contributed by atoms with Crippen LogP contribution in [-0.2, 0) is 6.54 Å². The van der Waals surface area contributed by atoms with Crippen LogP contribution < -0.4 is 10.6 Å². The number of hydrogen-bond acceptors (Lipinski definition) is 3. The molecule has 2 N–H and O–H groups in total. The zero-order valence-corrected chi connectivity index (χ0v) is 13.9. The van der Waals surface area contributed by atoms with Gasteiger partial charge in [-0.3, -0.25) is 4.79 Å². The monoisotopic (exact) mass is 355 g/mol. The lowest BCUT2D eigenvalue weighted by molar-refractivity contribution is 0.0951. The van der Waals surface area contributed by atoms with E-state index in [2.05, 4.69) is 15.6 Å². The fourth-order valence-electron chi connectivity index (χ4n) is 2.27. The smallest absolute Gasteiger partial charge is 0.251 e.